The Morgan fingerprint density at radius 2 is 2.26 bits per heavy atom. The average molecular weight is 274 g/mol. The van der Waals surface area contributed by atoms with Gasteiger partial charge in [0.15, 0.2) is 12.1 Å². The molecule has 9 heteroatoms. The molecule has 0 atom stereocenters. The van der Waals surface area contributed by atoms with Gasteiger partial charge in [-0.3, -0.25) is 9.48 Å². The average Bonchev–Trinajstić information content (AvgIpc) is 2.93. The Morgan fingerprint density at radius 1 is 1.53 bits per heavy atom. The lowest BCUT2D eigenvalue weighted by atomic mass is 10.3. The summed E-state index contributed by atoms with van der Waals surface area (Å²) in [5.41, 5.74) is -0.121. The largest absolute Gasteiger partial charge is 0.452 e. The van der Waals surface area contributed by atoms with Crippen molar-refractivity contribution in [3.8, 4) is 0 Å². The molecular formula is C10H9F3N4O2. The van der Waals surface area contributed by atoms with E-state index >= 15 is 0 Å². The summed E-state index contributed by atoms with van der Waals surface area (Å²) in [4.78, 5) is 14.9. The molecule has 0 radical (unpaired) electrons. The number of nitrogens with one attached hydrogen (secondary N) is 1. The molecule has 0 aliphatic heterocycles. The van der Waals surface area contributed by atoms with Crippen LogP contribution in [0, 0.1) is 0 Å². The predicted octanol–water partition coefficient (Wildman–Crippen LogP) is 1.36. The second kappa shape index (κ2) is 4.75. The van der Waals surface area contributed by atoms with Crippen LogP contribution in [0.5, 0.6) is 0 Å². The first-order chi connectivity index (χ1) is 8.88. The molecule has 0 fully saturated rings. The number of aryl methyl sites for hydroxylation is 1. The summed E-state index contributed by atoms with van der Waals surface area (Å²) in [5.74, 6) is -2.36. The molecule has 0 bridgehead atoms. The van der Waals surface area contributed by atoms with Crippen LogP contribution in [0.4, 0.5) is 13.2 Å². The third kappa shape index (κ3) is 2.92. The molecule has 0 aliphatic carbocycles. The highest BCUT2D eigenvalue weighted by Crippen LogP contribution is 2.31. The SMILES string of the molecule is Cn1cc(CNC(=O)c2ncoc2C(F)(F)F)cn1. The molecule has 0 spiro atoms. The van der Waals surface area contributed by atoms with E-state index in [1.807, 2.05) is 0 Å². The zero-order chi connectivity index (χ0) is 14.0. The number of oxazole rings is 1. The number of aromatic nitrogens is 3. The van der Waals surface area contributed by atoms with Crippen LogP contribution in [-0.2, 0) is 19.8 Å². The number of amides is 1. The molecule has 1 amide bonds. The minimum atomic E-state index is -4.75. The second-order valence-electron chi connectivity index (χ2n) is 3.73. The molecule has 0 aliphatic rings. The number of rotatable bonds is 3. The lowest BCUT2D eigenvalue weighted by Gasteiger charge is -2.05. The molecule has 1 N–H and O–H groups in total. The summed E-state index contributed by atoms with van der Waals surface area (Å²) >= 11 is 0. The number of carbonyl (C=O) groups is 1. The van der Waals surface area contributed by atoms with Crippen LogP contribution in [0.15, 0.2) is 23.2 Å². The van der Waals surface area contributed by atoms with Crippen LogP contribution in [0.25, 0.3) is 0 Å². The maximum absolute atomic E-state index is 12.5. The van der Waals surface area contributed by atoms with E-state index in [1.54, 1.807) is 13.2 Å². The fourth-order valence-corrected chi connectivity index (χ4v) is 1.44. The Morgan fingerprint density at radius 3 is 2.84 bits per heavy atom. The predicted molar refractivity (Wildman–Crippen MR) is 55.9 cm³/mol. The van der Waals surface area contributed by atoms with Gasteiger partial charge in [-0.2, -0.15) is 18.3 Å². The smallest absolute Gasteiger partial charge is 0.438 e. The standard InChI is InChI=1S/C10H9F3N4O2/c1-17-4-6(3-16-17)2-14-9(18)7-8(10(11,12)13)19-5-15-7/h3-5H,2H2,1H3,(H,14,18). The number of hydrogen-bond acceptors (Lipinski definition) is 4. The Kier molecular flexibility index (Phi) is 3.28. The van der Waals surface area contributed by atoms with Crippen LogP contribution < -0.4 is 5.32 Å². The third-order valence-electron chi connectivity index (χ3n) is 2.25. The van der Waals surface area contributed by atoms with Gasteiger partial charge < -0.3 is 9.73 Å². The summed E-state index contributed by atoms with van der Waals surface area (Å²) < 4.78 is 43.2. The van der Waals surface area contributed by atoms with Gasteiger partial charge in [-0.25, -0.2) is 4.98 Å². The highest BCUT2D eigenvalue weighted by Gasteiger charge is 2.40. The molecule has 0 aromatic carbocycles. The Bertz CT molecular complexity index is 588. The van der Waals surface area contributed by atoms with Crippen LogP contribution in [-0.4, -0.2) is 20.7 Å². The molecule has 2 aromatic rings. The van der Waals surface area contributed by atoms with E-state index in [1.165, 1.54) is 10.9 Å². The quantitative estimate of drug-likeness (QED) is 0.917. The fourth-order valence-electron chi connectivity index (χ4n) is 1.44. The summed E-state index contributed by atoms with van der Waals surface area (Å²) in [6.45, 7) is 0.0524. The van der Waals surface area contributed by atoms with Gasteiger partial charge in [-0.15, -0.1) is 0 Å². The van der Waals surface area contributed by atoms with Gasteiger partial charge in [0.1, 0.15) is 0 Å². The van der Waals surface area contributed by atoms with Crippen LogP contribution in [0.1, 0.15) is 21.8 Å². The number of nitrogens with zero attached hydrogens (tertiary/aromatic N) is 3. The van der Waals surface area contributed by atoms with E-state index in [0.29, 0.717) is 12.0 Å². The minimum absolute atomic E-state index is 0.0524. The summed E-state index contributed by atoms with van der Waals surface area (Å²) in [7, 11) is 1.69. The zero-order valence-corrected chi connectivity index (χ0v) is 9.73. The highest BCUT2D eigenvalue weighted by atomic mass is 19.4. The van der Waals surface area contributed by atoms with E-state index in [4.69, 9.17) is 0 Å². The van der Waals surface area contributed by atoms with Crippen LogP contribution in [0.3, 0.4) is 0 Å². The van der Waals surface area contributed by atoms with Gasteiger partial charge in [0, 0.05) is 25.4 Å². The summed E-state index contributed by atoms with van der Waals surface area (Å²) in [6, 6.07) is 0. The molecule has 19 heavy (non-hydrogen) atoms. The van der Waals surface area contributed by atoms with Gasteiger partial charge in [0.25, 0.3) is 5.91 Å². The van der Waals surface area contributed by atoms with Crippen molar-refractivity contribution in [1.29, 1.82) is 0 Å². The lowest BCUT2D eigenvalue weighted by Crippen LogP contribution is -2.25. The van der Waals surface area contributed by atoms with E-state index in [9.17, 15) is 18.0 Å². The first-order valence-corrected chi connectivity index (χ1v) is 5.14. The van der Waals surface area contributed by atoms with Crippen molar-refractivity contribution in [2.24, 2.45) is 7.05 Å². The molecule has 0 unspecified atom stereocenters. The van der Waals surface area contributed by atoms with Gasteiger partial charge in [-0.05, 0) is 0 Å². The molecule has 102 valence electrons. The number of alkyl halides is 3. The monoisotopic (exact) mass is 274 g/mol. The fraction of sp³-hybridized carbons (Fsp3) is 0.300. The van der Waals surface area contributed by atoms with Crippen molar-refractivity contribution in [2.75, 3.05) is 0 Å². The van der Waals surface area contributed by atoms with E-state index in [2.05, 4.69) is 19.8 Å². The summed E-state index contributed by atoms with van der Waals surface area (Å²) in [6.07, 6.45) is -1.04. The molecule has 6 nitrogen and oxygen atoms in total. The van der Waals surface area contributed by atoms with Crippen molar-refractivity contribution in [3.05, 3.63) is 35.8 Å². The first kappa shape index (κ1) is 13.1. The Balaban J connectivity index is 2.07. The molecule has 0 saturated carbocycles. The van der Waals surface area contributed by atoms with Crippen LogP contribution >= 0.6 is 0 Å². The Hall–Kier alpha value is -2.32. The summed E-state index contributed by atoms with van der Waals surface area (Å²) in [5, 5.41) is 6.18. The normalized spacial score (nSPS) is 11.6. The second-order valence-corrected chi connectivity index (χ2v) is 3.73. The van der Waals surface area contributed by atoms with E-state index in [-0.39, 0.29) is 6.54 Å². The molecule has 2 aromatic heterocycles. The van der Waals surface area contributed by atoms with Crippen molar-refractivity contribution in [3.63, 3.8) is 0 Å². The lowest BCUT2D eigenvalue weighted by molar-refractivity contribution is -0.153. The number of halogens is 3. The Labute approximate surface area is 105 Å². The molecule has 2 rings (SSSR count). The molecule has 0 saturated heterocycles. The zero-order valence-electron chi connectivity index (χ0n) is 9.73. The van der Waals surface area contributed by atoms with E-state index in [0.717, 1.165) is 0 Å². The van der Waals surface area contributed by atoms with Crippen molar-refractivity contribution >= 4 is 5.91 Å². The van der Waals surface area contributed by atoms with Gasteiger partial charge in [-0.1, -0.05) is 0 Å². The van der Waals surface area contributed by atoms with Crippen LogP contribution in [0.2, 0.25) is 0 Å². The topological polar surface area (TPSA) is 73.0 Å². The minimum Gasteiger partial charge on any atom is -0.438 e. The van der Waals surface area contributed by atoms with Gasteiger partial charge >= 0.3 is 6.18 Å². The number of hydrogen-bond donors (Lipinski definition) is 1. The highest BCUT2D eigenvalue weighted by molar-refractivity contribution is 5.93. The van der Waals surface area contributed by atoms with Gasteiger partial charge in [0.05, 0.1) is 6.20 Å². The van der Waals surface area contributed by atoms with Crippen molar-refractivity contribution in [1.82, 2.24) is 20.1 Å². The molecule has 2 heterocycles. The number of carbonyl (C=O) groups excluding carboxylic acids is 1. The van der Waals surface area contributed by atoms with Gasteiger partial charge in [0.2, 0.25) is 5.76 Å². The molecular weight excluding hydrogens is 265 g/mol. The maximum atomic E-state index is 12.5. The van der Waals surface area contributed by atoms with Crippen molar-refractivity contribution < 1.29 is 22.4 Å². The van der Waals surface area contributed by atoms with E-state index < -0.39 is 23.5 Å². The van der Waals surface area contributed by atoms with Crippen molar-refractivity contribution in [2.45, 2.75) is 12.7 Å². The first-order valence-electron chi connectivity index (χ1n) is 5.14. The third-order valence-corrected chi connectivity index (χ3v) is 2.25. The maximum Gasteiger partial charge on any atom is 0.452 e.